The molecule has 1 N–H and O–H groups in total. The average Bonchev–Trinajstić information content (AvgIpc) is 2.47. The first-order valence-corrected chi connectivity index (χ1v) is 6.81. The Morgan fingerprint density at radius 2 is 1.80 bits per heavy atom. The van der Waals surface area contributed by atoms with Crippen LogP contribution in [-0.4, -0.2) is 13.3 Å². The maximum absolute atomic E-state index is 5.90. The predicted molar refractivity (Wildman–Crippen MR) is 88.1 cm³/mol. The molecule has 20 heavy (non-hydrogen) atoms. The fraction of sp³-hybridized carbons (Fsp3) is 0.118. The highest BCUT2D eigenvalue weighted by Crippen LogP contribution is 2.21. The minimum Gasteiger partial charge on any atom is -0.313 e. The Balaban J connectivity index is 2.35. The van der Waals surface area contributed by atoms with E-state index in [4.69, 9.17) is 11.6 Å². The van der Waals surface area contributed by atoms with Crippen LogP contribution in [0.5, 0.6) is 0 Å². The zero-order valence-electron chi connectivity index (χ0n) is 11.6. The lowest BCUT2D eigenvalue weighted by Crippen LogP contribution is -1.97. The Hall–Kier alpha value is -2.06. The third-order valence-corrected chi connectivity index (χ3v) is 3.22. The highest BCUT2D eigenvalue weighted by Gasteiger charge is 2.02. The van der Waals surface area contributed by atoms with Crippen molar-refractivity contribution in [2.45, 2.75) is 6.92 Å². The van der Waals surface area contributed by atoms with Crippen molar-refractivity contribution in [3.8, 4) is 0 Å². The fourth-order valence-electron chi connectivity index (χ4n) is 1.99. The summed E-state index contributed by atoms with van der Waals surface area (Å²) in [7, 11) is 1.79. The van der Waals surface area contributed by atoms with E-state index in [1.54, 1.807) is 7.05 Å². The average molecular weight is 285 g/mol. The van der Waals surface area contributed by atoms with Gasteiger partial charge in [0, 0.05) is 17.6 Å². The molecule has 0 aliphatic rings. The van der Waals surface area contributed by atoms with Crippen LogP contribution in [0.25, 0.3) is 11.6 Å². The van der Waals surface area contributed by atoms with Crippen molar-refractivity contribution in [1.82, 2.24) is 5.43 Å². The van der Waals surface area contributed by atoms with Gasteiger partial charge in [-0.25, -0.2) is 0 Å². The van der Waals surface area contributed by atoms with Gasteiger partial charge in [0.05, 0.1) is 6.21 Å². The van der Waals surface area contributed by atoms with E-state index in [1.807, 2.05) is 42.6 Å². The summed E-state index contributed by atoms with van der Waals surface area (Å²) < 4.78 is 0. The number of nitrogens with one attached hydrogen (secondary N) is 1. The third-order valence-electron chi connectivity index (χ3n) is 2.97. The van der Waals surface area contributed by atoms with E-state index in [-0.39, 0.29) is 0 Å². The molecule has 0 amide bonds. The van der Waals surface area contributed by atoms with Crippen LogP contribution in [0.15, 0.2) is 53.6 Å². The Kier molecular flexibility index (Phi) is 4.97. The lowest BCUT2D eigenvalue weighted by atomic mass is 9.99. The van der Waals surface area contributed by atoms with Gasteiger partial charge in [0.2, 0.25) is 0 Å². The monoisotopic (exact) mass is 284 g/mol. The van der Waals surface area contributed by atoms with Crippen LogP contribution >= 0.6 is 11.6 Å². The van der Waals surface area contributed by atoms with Crippen molar-refractivity contribution < 1.29 is 0 Å². The van der Waals surface area contributed by atoms with E-state index in [1.165, 1.54) is 11.1 Å². The SMILES string of the molecule is CN/N=C/c1ccccc1/C(C)=C/c1ccc(Cl)cc1. The summed E-state index contributed by atoms with van der Waals surface area (Å²) in [4.78, 5) is 0. The Labute approximate surface area is 124 Å². The standard InChI is InChI=1S/C17H17ClN2/c1-13(11-14-7-9-16(18)10-8-14)17-6-4-3-5-15(17)12-20-19-2/h3-12,19H,1-2H3/b13-11+,20-12+. The summed E-state index contributed by atoms with van der Waals surface area (Å²) in [5.74, 6) is 0. The second-order valence-electron chi connectivity index (χ2n) is 4.45. The van der Waals surface area contributed by atoms with Gasteiger partial charge in [0.15, 0.2) is 0 Å². The highest BCUT2D eigenvalue weighted by molar-refractivity contribution is 6.30. The molecule has 2 aromatic rings. The van der Waals surface area contributed by atoms with Crippen LogP contribution in [0, 0.1) is 0 Å². The molecule has 2 rings (SSSR count). The molecule has 2 nitrogen and oxygen atoms in total. The quantitative estimate of drug-likeness (QED) is 0.500. The van der Waals surface area contributed by atoms with Crippen molar-refractivity contribution in [2.75, 3.05) is 7.05 Å². The molecule has 0 aliphatic heterocycles. The van der Waals surface area contributed by atoms with Crippen LogP contribution in [-0.2, 0) is 0 Å². The first-order chi connectivity index (χ1) is 9.70. The number of hydrogen-bond donors (Lipinski definition) is 1. The second kappa shape index (κ2) is 6.92. The molecule has 0 spiro atoms. The van der Waals surface area contributed by atoms with Crippen LogP contribution in [0.2, 0.25) is 5.02 Å². The first-order valence-electron chi connectivity index (χ1n) is 6.44. The molecule has 0 fully saturated rings. The minimum absolute atomic E-state index is 0.751. The third kappa shape index (κ3) is 3.72. The maximum Gasteiger partial charge on any atom is 0.0546 e. The Morgan fingerprint density at radius 1 is 1.10 bits per heavy atom. The lowest BCUT2D eigenvalue weighted by Gasteiger charge is -2.06. The molecule has 0 heterocycles. The van der Waals surface area contributed by atoms with Gasteiger partial charge in [-0.3, -0.25) is 0 Å². The van der Waals surface area contributed by atoms with Gasteiger partial charge in [0.25, 0.3) is 0 Å². The van der Waals surface area contributed by atoms with Crippen LogP contribution in [0.4, 0.5) is 0 Å². The smallest absolute Gasteiger partial charge is 0.0546 e. The Morgan fingerprint density at radius 3 is 2.50 bits per heavy atom. The van der Waals surface area contributed by atoms with Crippen LogP contribution in [0.3, 0.4) is 0 Å². The summed E-state index contributed by atoms with van der Waals surface area (Å²) >= 11 is 5.90. The molecular weight excluding hydrogens is 268 g/mol. The molecule has 102 valence electrons. The number of rotatable bonds is 4. The van der Waals surface area contributed by atoms with Gasteiger partial charge in [-0.2, -0.15) is 5.10 Å². The van der Waals surface area contributed by atoms with E-state index >= 15 is 0 Å². The second-order valence-corrected chi connectivity index (χ2v) is 4.88. The van der Waals surface area contributed by atoms with E-state index in [9.17, 15) is 0 Å². The van der Waals surface area contributed by atoms with E-state index < -0.39 is 0 Å². The summed E-state index contributed by atoms with van der Waals surface area (Å²) in [6.07, 6.45) is 3.97. The number of hydrogen-bond acceptors (Lipinski definition) is 2. The first kappa shape index (κ1) is 14.4. The largest absolute Gasteiger partial charge is 0.313 e. The van der Waals surface area contributed by atoms with E-state index in [0.29, 0.717) is 0 Å². The Bertz CT molecular complexity index is 628. The van der Waals surface area contributed by atoms with Gasteiger partial charge >= 0.3 is 0 Å². The molecule has 0 saturated heterocycles. The summed E-state index contributed by atoms with van der Waals surface area (Å²) in [5.41, 5.74) is 7.35. The maximum atomic E-state index is 5.90. The summed E-state index contributed by atoms with van der Waals surface area (Å²) in [5, 5.41) is 4.84. The molecule has 0 aliphatic carbocycles. The normalized spacial score (nSPS) is 11.8. The lowest BCUT2D eigenvalue weighted by molar-refractivity contribution is 0.908. The van der Waals surface area contributed by atoms with Gasteiger partial charge < -0.3 is 5.43 Å². The van der Waals surface area contributed by atoms with Crippen molar-refractivity contribution in [1.29, 1.82) is 0 Å². The van der Waals surface area contributed by atoms with Crippen LogP contribution < -0.4 is 5.43 Å². The van der Waals surface area contributed by atoms with Gasteiger partial charge in [0.1, 0.15) is 0 Å². The van der Waals surface area contributed by atoms with Crippen molar-refractivity contribution in [3.63, 3.8) is 0 Å². The van der Waals surface area contributed by atoms with Gasteiger partial charge in [-0.05, 0) is 35.8 Å². The van der Waals surface area contributed by atoms with Gasteiger partial charge in [-0.1, -0.05) is 54.1 Å². The number of benzene rings is 2. The van der Waals surface area contributed by atoms with Crippen molar-refractivity contribution in [2.24, 2.45) is 5.10 Å². The van der Waals surface area contributed by atoms with Crippen molar-refractivity contribution >= 4 is 29.5 Å². The zero-order valence-corrected chi connectivity index (χ0v) is 12.4. The number of allylic oxidation sites excluding steroid dienone is 1. The molecule has 0 bridgehead atoms. The molecule has 2 aromatic carbocycles. The van der Waals surface area contributed by atoms with E-state index in [0.717, 1.165) is 16.1 Å². The molecule has 0 unspecified atom stereocenters. The molecule has 0 radical (unpaired) electrons. The fourth-order valence-corrected chi connectivity index (χ4v) is 2.12. The molecule has 0 aromatic heterocycles. The van der Waals surface area contributed by atoms with Crippen molar-refractivity contribution in [3.05, 3.63) is 70.2 Å². The van der Waals surface area contributed by atoms with Gasteiger partial charge in [-0.15, -0.1) is 0 Å². The molecule has 0 atom stereocenters. The molecule has 0 saturated carbocycles. The number of halogens is 1. The molecule has 3 heteroatoms. The number of nitrogens with zero attached hydrogens (tertiary/aromatic N) is 1. The topological polar surface area (TPSA) is 24.4 Å². The highest BCUT2D eigenvalue weighted by atomic mass is 35.5. The van der Waals surface area contributed by atoms with E-state index in [2.05, 4.69) is 35.7 Å². The van der Waals surface area contributed by atoms with Crippen LogP contribution in [0.1, 0.15) is 23.6 Å². The summed E-state index contributed by atoms with van der Waals surface area (Å²) in [6, 6.07) is 16.0. The minimum atomic E-state index is 0.751. The summed E-state index contributed by atoms with van der Waals surface area (Å²) in [6.45, 7) is 2.10. The zero-order chi connectivity index (χ0) is 14.4. The predicted octanol–water partition coefficient (Wildman–Crippen LogP) is 4.45. The molecular formula is C17H17ClN2. The number of hydrazone groups is 1.